The topological polar surface area (TPSA) is 66.9 Å². The summed E-state index contributed by atoms with van der Waals surface area (Å²) in [6, 6.07) is 3.81. The van der Waals surface area contributed by atoms with Crippen molar-refractivity contribution in [3.63, 3.8) is 0 Å². The number of aromatic nitrogens is 2. The summed E-state index contributed by atoms with van der Waals surface area (Å²) < 4.78 is 0. The standard InChI is InChI=1S/C16H18Cl2N4O/c1-2-19-16(23)14-10-7-12(17)13(18)8-11(10)15(22-21-14)20-9-5-3-4-6-9/h7-9H,2-6H2,1H3,(H,19,23)(H,20,22). The summed E-state index contributed by atoms with van der Waals surface area (Å²) in [6.07, 6.45) is 4.66. The summed E-state index contributed by atoms with van der Waals surface area (Å²) in [6.45, 7) is 2.37. The Morgan fingerprint density at radius 3 is 2.48 bits per heavy atom. The van der Waals surface area contributed by atoms with Crippen LogP contribution in [0.4, 0.5) is 5.82 Å². The minimum absolute atomic E-state index is 0.261. The Kier molecular flexibility index (Phi) is 4.87. The first-order chi connectivity index (χ1) is 11.1. The van der Waals surface area contributed by atoms with Gasteiger partial charge in [-0.1, -0.05) is 36.0 Å². The predicted octanol–water partition coefficient (Wildman–Crippen LogP) is 4.04. The quantitative estimate of drug-likeness (QED) is 0.871. The average Bonchev–Trinajstić information content (AvgIpc) is 3.02. The molecule has 0 aliphatic heterocycles. The number of carbonyl (C=O) groups is 1. The molecule has 5 nitrogen and oxygen atoms in total. The van der Waals surface area contributed by atoms with E-state index >= 15 is 0 Å². The van der Waals surface area contributed by atoms with Crippen molar-refractivity contribution in [3.8, 4) is 0 Å². The molecule has 23 heavy (non-hydrogen) atoms. The minimum atomic E-state index is -0.268. The van der Waals surface area contributed by atoms with Crippen LogP contribution in [0.15, 0.2) is 12.1 Å². The van der Waals surface area contributed by atoms with Gasteiger partial charge in [0, 0.05) is 23.4 Å². The number of hydrogen-bond acceptors (Lipinski definition) is 4. The van der Waals surface area contributed by atoms with Crippen LogP contribution >= 0.6 is 23.2 Å². The molecule has 1 aliphatic rings. The van der Waals surface area contributed by atoms with Gasteiger partial charge in [-0.15, -0.1) is 10.2 Å². The van der Waals surface area contributed by atoms with Crippen LogP contribution in [0.3, 0.4) is 0 Å². The molecule has 0 atom stereocenters. The minimum Gasteiger partial charge on any atom is -0.365 e. The van der Waals surface area contributed by atoms with E-state index < -0.39 is 0 Å². The van der Waals surface area contributed by atoms with Crippen molar-refractivity contribution in [1.82, 2.24) is 15.5 Å². The number of benzene rings is 1. The Labute approximate surface area is 144 Å². The number of hydrogen-bond donors (Lipinski definition) is 2. The van der Waals surface area contributed by atoms with Crippen LogP contribution < -0.4 is 10.6 Å². The fraction of sp³-hybridized carbons (Fsp3) is 0.438. The molecule has 1 fully saturated rings. The number of nitrogens with zero attached hydrogens (tertiary/aromatic N) is 2. The van der Waals surface area contributed by atoms with E-state index in [9.17, 15) is 4.79 Å². The first-order valence-corrected chi connectivity index (χ1v) is 8.56. The lowest BCUT2D eigenvalue weighted by molar-refractivity contribution is 0.0952. The van der Waals surface area contributed by atoms with E-state index in [0.717, 1.165) is 18.2 Å². The third-order valence-electron chi connectivity index (χ3n) is 4.07. The highest BCUT2D eigenvalue weighted by Gasteiger charge is 2.20. The Morgan fingerprint density at radius 2 is 1.83 bits per heavy atom. The molecule has 0 bridgehead atoms. The molecule has 1 amide bonds. The van der Waals surface area contributed by atoms with Gasteiger partial charge in [0.2, 0.25) is 0 Å². The van der Waals surface area contributed by atoms with Crippen LogP contribution in [-0.4, -0.2) is 28.7 Å². The SMILES string of the molecule is CCNC(=O)c1nnc(NC2CCCC2)c2cc(Cl)c(Cl)cc12. The van der Waals surface area contributed by atoms with Crippen LogP contribution in [0.25, 0.3) is 10.8 Å². The van der Waals surface area contributed by atoms with Gasteiger partial charge in [0.1, 0.15) is 0 Å². The normalized spacial score (nSPS) is 15.1. The molecule has 0 radical (unpaired) electrons. The zero-order valence-corrected chi connectivity index (χ0v) is 14.3. The number of fused-ring (bicyclic) bond motifs is 1. The lowest BCUT2D eigenvalue weighted by Crippen LogP contribution is -2.25. The van der Waals surface area contributed by atoms with Crippen molar-refractivity contribution in [2.24, 2.45) is 0 Å². The van der Waals surface area contributed by atoms with E-state index in [2.05, 4.69) is 20.8 Å². The van der Waals surface area contributed by atoms with E-state index in [0.29, 0.717) is 33.8 Å². The van der Waals surface area contributed by atoms with Crippen molar-refractivity contribution in [3.05, 3.63) is 27.9 Å². The summed E-state index contributed by atoms with van der Waals surface area (Å²) in [5.74, 6) is 0.384. The molecule has 0 spiro atoms. The lowest BCUT2D eigenvalue weighted by atomic mass is 10.1. The van der Waals surface area contributed by atoms with Crippen molar-refractivity contribution in [2.45, 2.75) is 38.6 Å². The van der Waals surface area contributed by atoms with Gasteiger partial charge in [0.05, 0.1) is 10.0 Å². The molecule has 3 rings (SSSR count). The predicted molar refractivity (Wildman–Crippen MR) is 93.4 cm³/mol. The molecule has 122 valence electrons. The number of rotatable bonds is 4. The van der Waals surface area contributed by atoms with Gasteiger partial charge in [-0.25, -0.2) is 0 Å². The molecule has 1 aromatic heterocycles. The zero-order chi connectivity index (χ0) is 16.4. The molecule has 0 saturated heterocycles. The van der Waals surface area contributed by atoms with Crippen LogP contribution in [0.2, 0.25) is 10.0 Å². The van der Waals surface area contributed by atoms with E-state index in [-0.39, 0.29) is 11.6 Å². The summed E-state index contributed by atoms with van der Waals surface area (Å²) >= 11 is 12.3. The lowest BCUT2D eigenvalue weighted by Gasteiger charge is -2.15. The van der Waals surface area contributed by atoms with E-state index in [1.807, 2.05) is 6.92 Å². The van der Waals surface area contributed by atoms with Gasteiger partial charge >= 0.3 is 0 Å². The number of nitrogens with one attached hydrogen (secondary N) is 2. The zero-order valence-electron chi connectivity index (χ0n) is 12.8. The number of anilines is 1. The molecular formula is C16H18Cl2N4O. The summed E-state index contributed by atoms with van der Waals surface area (Å²) in [7, 11) is 0. The highest BCUT2D eigenvalue weighted by molar-refractivity contribution is 6.43. The second-order valence-corrected chi connectivity index (χ2v) is 6.51. The molecule has 1 aliphatic carbocycles. The van der Waals surface area contributed by atoms with Crippen LogP contribution in [0.5, 0.6) is 0 Å². The number of halogens is 2. The van der Waals surface area contributed by atoms with Crippen LogP contribution in [-0.2, 0) is 0 Å². The van der Waals surface area contributed by atoms with Crippen molar-refractivity contribution < 1.29 is 4.79 Å². The van der Waals surface area contributed by atoms with E-state index in [1.54, 1.807) is 12.1 Å². The maximum absolute atomic E-state index is 12.2. The fourth-order valence-electron chi connectivity index (χ4n) is 2.93. The largest absolute Gasteiger partial charge is 0.365 e. The van der Waals surface area contributed by atoms with Crippen LogP contribution in [0, 0.1) is 0 Å². The Morgan fingerprint density at radius 1 is 1.17 bits per heavy atom. The summed E-state index contributed by atoms with van der Waals surface area (Å²) in [5, 5.41) is 16.7. The molecular weight excluding hydrogens is 335 g/mol. The molecule has 1 saturated carbocycles. The second kappa shape index (κ2) is 6.89. The van der Waals surface area contributed by atoms with Crippen LogP contribution in [0.1, 0.15) is 43.1 Å². The van der Waals surface area contributed by atoms with Gasteiger partial charge in [0.15, 0.2) is 11.5 Å². The highest BCUT2D eigenvalue weighted by Crippen LogP contribution is 2.33. The Hall–Kier alpha value is -1.59. The average molecular weight is 353 g/mol. The summed E-state index contributed by atoms with van der Waals surface area (Å²) in [4.78, 5) is 12.2. The maximum atomic E-state index is 12.2. The molecule has 1 aromatic carbocycles. The molecule has 2 aromatic rings. The third kappa shape index (κ3) is 3.35. The smallest absolute Gasteiger partial charge is 0.272 e. The Bertz CT molecular complexity index is 744. The second-order valence-electron chi connectivity index (χ2n) is 5.69. The maximum Gasteiger partial charge on any atom is 0.272 e. The van der Waals surface area contributed by atoms with Gasteiger partial charge in [0.25, 0.3) is 5.91 Å². The number of amides is 1. The monoisotopic (exact) mass is 352 g/mol. The van der Waals surface area contributed by atoms with Gasteiger partial charge in [-0.3, -0.25) is 4.79 Å². The van der Waals surface area contributed by atoms with Gasteiger partial charge in [-0.2, -0.15) is 0 Å². The molecule has 1 heterocycles. The fourth-order valence-corrected chi connectivity index (χ4v) is 3.26. The van der Waals surface area contributed by atoms with Crippen molar-refractivity contribution in [1.29, 1.82) is 0 Å². The molecule has 0 unspecified atom stereocenters. The first-order valence-electron chi connectivity index (χ1n) is 7.80. The van der Waals surface area contributed by atoms with Gasteiger partial charge < -0.3 is 10.6 Å². The molecule has 7 heteroatoms. The van der Waals surface area contributed by atoms with Gasteiger partial charge in [-0.05, 0) is 31.9 Å². The van der Waals surface area contributed by atoms with Crippen molar-refractivity contribution in [2.75, 3.05) is 11.9 Å². The Balaban J connectivity index is 2.09. The van der Waals surface area contributed by atoms with E-state index in [1.165, 1.54) is 12.8 Å². The number of carbonyl (C=O) groups excluding carboxylic acids is 1. The van der Waals surface area contributed by atoms with Crippen molar-refractivity contribution >= 4 is 45.7 Å². The highest BCUT2D eigenvalue weighted by atomic mass is 35.5. The third-order valence-corrected chi connectivity index (χ3v) is 4.79. The molecule has 2 N–H and O–H groups in total. The summed E-state index contributed by atoms with van der Waals surface area (Å²) in [5.41, 5.74) is 0.261. The first kappa shape index (κ1) is 16.3. The van der Waals surface area contributed by atoms with E-state index in [4.69, 9.17) is 23.2 Å².